The Balaban J connectivity index is 1.47. The van der Waals surface area contributed by atoms with E-state index in [1.165, 1.54) is 0 Å². The van der Waals surface area contributed by atoms with Crippen molar-refractivity contribution in [1.82, 2.24) is 34.4 Å². The van der Waals surface area contributed by atoms with Crippen LogP contribution < -0.4 is 0 Å². The third-order valence-corrected chi connectivity index (χ3v) is 4.84. The molecule has 0 unspecified atom stereocenters. The average molecular weight is 377 g/mol. The van der Waals surface area contributed by atoms with Gasteiger partial charge in [-0.2, -0.15) is 10.2 Å². The molecule has 3 heterocycles. The van der Waals surface area contributed by atoms with Crippen LogP contribution in [0.3, 0.4) is 0 Å². The minimum Gasteiger partial charge on any atom is -0.336 e. The van der Waals surface area contributed by atoms with Crippen LogP contribution in [0.1, 0.15) is 34.4 Å². The second-order valence-corrected chi connectivity index (χ2v) is 6.90. The first-order chi connectivity index (χ1) is 13.5. The maximum absolute atomic E-state index is 12.8. The molecular formula is C20H23N7O. The van der Waals surface area contributed by atoms with Gasteiger partial charge in [0.1, 0.15) is 5.69 Å². The van der Waals surface area contributed by atoms with E-state index in [-0.39, 0.29) is 5.91 Å². The Kier molecular flexibility index (Phi) is 4.68. The van der Waals surface area contributed by atoms with Gasteiger partial charge in [-0.05, 0) is 32.0 Å². The van der Waals surface area contributed by atoms with E-state index in [1.807, 2.05) is 53.6 Å². The van der Waals surface area contributed by atoms with Gasteiger partial charge >= 0.3 is 0 Å². The highest BCUT2D eigenvalue weighted by Crippen LogP contribution is 2.15. The number of benzene rings is 1. The Morgan fingerprint density at radius 1 is 1.29 bits per heavy atom. The first-order valence-electron chi connectivity index (χ1n) is 9.27. The first-order valence-corrected chi connectivity index (χ1v) is 9.27. The predicted octanol–water partition coefficient (Wildman–Crippen LogP) is 2.60. The second-order valence-electron chi connectivity index (χ2n) is 6.90. The van der Waals surface area contributed by atoms with Crippen LogP contribution >= 0.6 is 0 Å². The lowest BCUT2D eigenvalue weighted by Gasteiger charge is -2.15. The number of hydrogen-bond donors (Lipinski definition) is 1. The average Bonchev–Trinajstić information content (AvgIpc) is 3.41. The second kappa shape index (κ2) is 7.30. The summed E-state index contributed by atoms with van der Waals surface area (Å²) in [5.41, 5.74) is 5.23. The van der Waals surface area contributed by atoms with Crippen molar-refractivity contribution in [2.45, 2.75) is 33.5 Å². The number of hydrogen-bond acceptors (Lipinski definition) is 4. The minimum atomic E-state index is -0.123. The largest absolute Gasteiger partial charge is 0.336 e. The Morgan fingerprint density at radius 2 is 2.11 bits per heavy atom. The molecule has 0 radical (unpaired) electrons. The smallest absolute Gasteiger partial charge is 0.274 e. The number of nitrogens with one attached hydrogen (secondary N) is 1. The van der Waals surface area contributed by atoms with E-state index in [9.17, 15) is 4.79 Å². The molecule has 0 aliphatic carbocycles. The number of carbonyl (C=O) groups is 1. The zero-order valence-electron chi connectivity index (χ0n) is 16.3. The van der Waals surface area contributed by atoms with E-state index in [2.05, 4.69) is 20.3 Å². The first kappa shape index (κ1) is 18.0. The Bertz CT molecular complexity index is 1120. The minimum absolute atomic E-state index is 0.123. The molecule has 3 aromatic heterocycles. The van der Waals surface area contributed by atoms with Gasteiger partial charge in [0, 0.05) is 31.9 Å². The number of aromatic amines is 1. The summed E-state index contributed by atoms with van der Waals surface area (Å²) in [5, 5.41) is 11.6. The highest BCUT2D eigenvalue weighted by molar-refractivity contribution is 5.92. The zero-order chi connectivity index (χ0) is 19.7. The molecular weight excluding hydrogens is 354 g/mol. The molecule has 0 bridgehead atoms. The predicted molar refractivity (Wildman–Crippen MR) is 106 cm³/mol. The number of amides is 1. The maximum atomic E-state index is 12.8. The molecule has 0 fully saturated rings. The lowest BCUT2D eigenvalue weighted by molar-refractivity contribution is 0.0779. The van der Waals surface area contributed by atoms with Gasteiger partial charge < -0.3 is 9.47 Å². The van der Waals surface area contributed by atoms with Gasteiger partial charge in [-0.15, -0.1) is 0 Å². The van der Waals surface area contributed by atoms with Crippen molar-refractivity contribution in [2.24, 2.45) is 0 Å². The third kappa shape index (κ3) is 3.40. The van der Waals surface area contributed by atoms with E-state index in [4.69, 9.17) is 0 Å². The summed E-state index contributed by atoms with van der Waals surface area (Å²) >= 11 is 0. The van der Waals surface area contributed by atoms with E-state index < -0.39 is 0 Å². The summed E-state index contributed by atoms with van der Waals surface area (Å²) in [6, 6.07) is 9.76. The number of aryl methyl sites for hydroxylation is 2. The third-order valence-electron chi connectivity index (χ3n) is 4.84. The van der Waals surface area contributed by atoms with Gasteiger partial charge in [0.15, 0.2) is 0 Å². The number of nitrogens with zero attached hydrogens (tertiary/aromatic N) is 6. The maximum Gasteiger partial charge on any atom is 0.274 e. The van der Waals surface area contributed by atoms with E-state index in [0.717, 1.165) is 34.5 Å². The van der Waals surface area contributed by atoms with Crippen LogP contribution in [0, 0.1) is 6.92 Å². The van der Waals surface area contributed by atoms with Crippen molar-refractivity contribution in [3.8, 4) is 0 Å². The molecule has 0 atom stereocenters. The molecule has 1 aromatic carbocycles. The molecule has 4 rings (SSSR count). The molecule has 0 aliphatic heterocycles. The van der Waals surface area contributed by atoms with Crippen LogP contribution in [0.4, 0.5) is 0 Å². The van der Waals surface area contributed by atoms with Crippen LogP contribution in [-0.4, -0.2) is 47.4 Å². The highest BCUT2D eigenvalue weighted by atomic mass is 16.2. The summed E-state index contributed by atoms with van der Waals surface area (Å²) in [4.78, 5) is 18.8. The van der Waals surface area contributed by atoms with Crippen LogP contribution in [0.15, 0.2) is 42.9 Å². The fraction of sp³-hybridized carbons (Fsp3) is 0.300. The normalized spacial score (nSPS) is 11.2. The lowest BCUT2D eigenvalue weighted by atomic mass is 10.2. The molecule has 1 amide bonds. The fourth-order valence-corrected chi connectivity index (χ4v) is 3.27. The standard InChI is InChI=1S/C20H23N7O/c1-4-27-11-15(14(2)24-27)10-25(3)20(28)18-9-16(22-23-18)12-26-13-21-17-7-5-6-8-19(17)26/h5-9,11,13H,4,10,12H2,1-3H3,(H,22,23). The number of rotatable bonds is 6. The molecule has 0 saturated heterocycles. The van der Waals surface area contributed by atoms with Crippen molar-refractivity contribution >= 4 is 16.9 Å². The Hall–Kier alpha value is -3.42. The van der Waals surface area contributed by atoms with Gasteiger partial charge in [0.2, 0.25) is 0 Å². The SMILES string of the molecule is CCn1cc(CN(C)C(=O)c2cc(Cn3cnc4ccccc43)[nH]n2)c(C)n1. The van der Waals surface area contributed by atoms with Gasteiger partial charge in [-0.1, -0.05) is 12.1 Å². The van der Waals surface area contributed by atoms with E-state index in [0.29, 0.717) is 18.8 Å². The van der Waals surface area contributed by atoms with Crippen molar-refractivity contribution in [3.63, 3.8) is 0 Å². The van der Waals surface area contributed by atoms with Crippen molar-refractivity contribution in [2.75, 3.05) is 7.05 Å². The molecule has 4 aromatic rings. The number of aromatic nitrogens is 6. The van der Waals surface area contributed by atoms with Crippen molar-refractivity contribution < 1.29 is 4.79 Å². The summed E-state index contributed by atoms with van der Waals surface area (Å²) in [6.07, 6.45) is 3.78. The van der Waals surface area contributed by atoms with Crippen LogP contribution in [0.25, 0.3) is 11.0 Å². The molecule has 8 heteroatoms. The topological polar surface area (TPSA) is 84.6 Å². The molecule has 0 aliphatic rings. The van der Waals surface area contributed by atoms with Gasteiger partial charge in [0.25, 0.3) is 5.91 Å². The van der Waals surface area contributed by atoms with Gasteiger partial charge in [-0.3, -0.25) is 14.6 Å². The zero-order valence-corrected chi connectivity index (χ0v) is 16.3. The van der Waals surface area contributed by atoms with Gasteiger partial charge in [-0.25, -0.2) is 4.98 Å². The monoisotopic (exact) mass is 377 g/mol. The molecule has 28 heavy (non-hydrogen) atoms. The molecule has 144 valence electrons. The Labute approximate surface area is 162 Å². The number of imidazole rings is 1. The van der Waals surface area contributed by atoms with Crippen LogP contribution in [-0.2, 0) is 19.6 Å². The molecule has 1 N–H and O–H groups in total. The number of H-pyrrole nitrogens is 1. The van der Waals surface area contributed by atoms with Crippen LogP contribution in [0.2, 0.25) is 0 Å². The number of fused-ring (bicyclic) bond motifs is 1. The quantitative estimate of drug-likeness (QED) is 0.560. The summed E-state index contributed by atoms with van der Waals surface area (Å²) in [6.45, 7) is 5.89. The fourth-order valence-electron chi connectivity index (χ4n) is 3.27. The molecule has 0 saturated carbocycles. The number of para-hydroxylation sites is 2. The molecule has 8 nitrogen and oxygen atoms in total. The Morgan fingerprint density at radius 3 is 2.89 bits per heavy atom. The lowest BCUT2D eigenvalue weighted by Crippen LogP contribution is -2.26. The molecule has 0 spiro atoms. The van der Waals surface area contributed by atoms with E-state index >= 15 is 0 Å². The van der Waals surface area contributed by atoms with Gasteiger partial charge in [0.05, 0.1) is 35.3 Å². The highest BCUT2D eigenvalue weighted by Gasteiger charge is 2.18. The van der Waals surface area contributed by atoms with Crippen LogP contribution in [0.5, 0.6) is 0 Å². The van der Waals surface area contributed by atoms with E-state index in [1.54, 1.807) is 24.3 Å². The summed E-state index contributed by atoms with van der Waals surface area (Å²) in [5.74, 6) is -0.123. The van der Waals surface area contributed by atoms with Crippen molar-refractivity contribution in [3.05, 3.63) is 65.5 Å². The summed E-state index contributed by atoms with van der Waals surface area (Å²) < 4.78 is 3.91. The summed E-state index contributed by atoms with van der Waals surface area (Å²) in [7, 11) is 1.78. The number of carbonyl (C=O) groups excluding carboxylic acids is 1. The van der Waals surface area contributed by atoms with Crippen molar-refractivity contribution in [1.29, 1.82) is 0 Å².